The van der Waals surface area contributed by atoms with Crippen LogP contribution in [0.15, 0.2) is 85.2 Å². The number of piperidine rings is 1. The first-order valence-corrected chi connectivity index (χ1v) is 15.9. The summed E-state index contributed by atoms with van der Waals surface area (Å²) in [5, 5.41) is 20.2. The number of likely N-dealkylation sites (tertiary alicyclic amines) is 1. The van der Waals surface area contributed by atoms with Gasteiger partial charge in [0.1, 0.15) is 12.4 Å². The zero-order chi connectivity index (χ0) is 33.9. The van der Waals surface area contributed by atoms with Gasteiger partial charge in [-0.3, -0.25) is 14.4 Å². The average Bonchev–Trinajstić information content (AvgIpc) is 3.63. The average molecular weight is 671 g/mol. The number of nitrogens with one attached hydrogen (secondary N) is 3. The first-order chi connectivity index (χ1) is 23.3. The number of esters is 1. The van der Waals surface area contributed by atoms with Crippen molar-refractivity contribution in [2.45, 2.75) is 32.2 Å². The van der Waals surface area contributed by atoms with Crippen molar-refractivity contribution in [2.75, 3.05) is 30.3 Å². The number of aromatic nitrogens is 4. The summed E-state index contributed by atoms with van der Waals surface area (Å²) in [6.07, 6.45) is 5.96. The minimum atomic E-state index is -0.909. The number of carbonyl (C=O) groups is 4. The number of carbonyl (C=O) groups excluding carboxylic acids is 4. The number of benzene rings is 3. The summed E-state index contributed by atoms with van der Waals surface area (Å²) >= 11 is 6.20. The topological polar surface area (TPSA) is 160 Å². The lowest BCUT2D eigenvalue weighted by Crippen LogP contribution is -2.44. The number of hydrogen-bond donors (Lipinski definition) is 3. The van der Waals surface area contributed by atoms with Crippen molar-refractivity contribution in [1.29, 1.82) is 0 Å². The van der Waals surface area contributed by atoms with Gasteiger partial charge in [-0.05, 0) is 84.3 Å². The first kappa shape index (κ1) is 33.8. The summed E-state index contributed by atoms with van der Waals surface area (Å²) in [6.45, 7) is 2.89. The van der Waals surface area contributed by atoms with Crippen LogP contribution < -0.4 is 16.0 Å². The highest BCUT2D eigenvalue weighted by atomic mass is 35.5. The van der Waals surface area contributed by atoms with Crippen LogP contribution in [-0.4, -0.2) is 74.7 Å². The molecular formula is C34H35ClN8O5. The van der Waals surface area contributed by atoms with Gasteiger partial charge in [-0.1, -0.05) is 41.9 Å². The molecule has 1 fully saturated rings. The molecule has 1 aliphatic rings. The van der Waals surface area contributed by atoms with E-state index in [-0.39, 0.29) is 24.3 Å². The molecule has 248 valence electrons. The van der Waals surface area contributed by atoms with E-state index in [1.54, 1.807) is 60.4 Å². The molecule has 5 rings (SSSR count). The summed E-state index contributed by atoms with van der Waals surface area (Å²) in [6, 6.07) is 19.9. The minimum Gasteiger partial charge on any atom is -0.466 e. The summed E-state index contributed by atoms with van der Waals surface area (Å²) in [5.74, 6) is -1.54. The van der Waals surface area contributed by atoms with E-state index in [9.17, 15) is 19.2 Å². The molecule has 2 heterocycles. The van der Waals surface area contributed by atoms with E-state index in [2.05, 4.69) is 31.5 Å². The lowest BCUT2D eigenvalue weighted by molar-refractivity contribution is -0.149. The Kier molecular flexibility index (Phi) is 11.5. The van der Waals surface area contributed by atoms with Gasteiger partial charge < -0.3 is 25.6 Å². The van der Waals surface area contributed by atoms with Crippen LogP contribution >= 0.6 is 11.6 Å². The normalized spacial score (nSPS) is 15.0. The number of nitrogens with zero attached hydrogens (tertiary/aromatic N) is 5. The number of urea groups is 1. The number of rotatable bonds is 11. The molecule has 0 aliphatic carbocycles. The van der Waals surface area contributed by atoms with Crippen molar-refractivity contribution in [3.8, 4) is 5.69 Å². The van der Waals surface area contributed by atoms with Gasteiger partial charge in [0.2, 0.25) is 11.8 Å². The molecule has 0 bridgehead atoms. The third-order valence-electron chi connectivity index (χ3n) is 7.65. The van der Waals surface area contributed by atoms with Gasteiger partial charge in [0.15, 0.2) is 0 Å². The first-order valence-electron chi connectivity index (χ1n) is 15.5. The molecule has 1 aliphatic heterocycles. The van der Waals surface area contributed by atoms with E-state index in [1.807, 2.05) is 30.3 Å². The van der Waals surface area contributed by atoms with Crippen LogP contribution in [-0.2, 0) is 25.5 Å². The van der Waals surface area contributed by atoms with Crippen LogP contribution in [0.3, 0.4) is 0 Å². The standard InChI is InChI=1S/C34H35ClN8O5/c1-2-48-33(46)25-9-6-18-42(21-25)34(47)38-28-14-12-27(13-15-28)37-32(45)29(19-23-7-4-3-5-8-23)39-31(44)17-10-24-20-26(35)11-16-30(24)43-22-36-40-41-43/h3-5,7-8,10-17,20,22,25,29H,2,6,9,18-19,21H2,1H3,(H,37,45)(H,38,47)(H,39,44)/t25?,29-/m0/s1. The Labute approximate surface area is 282 Å². The fourth-order valence-electron chi connectivity index (χ4n) is 5.27. The van der Waals surface area contributed by atoms with Crippen molar-refractivity contribution < 1.29 is 23.9 Å². The molecule has 3 aromatic carbocycles. The minimum absolute atomic E-state index is 0.246. The Morgan fingerprint density at radius 3 is 2.48 bits per heavy atom. The number of halogens is 1. The largest absolute Gasteiger partial charge is 0.466 e. The molecule has 2 atom stereocenters. The number of anilines is 2. The molecule has 0 spiro atoms. The lowest BCUT2D eigenvalue weighted by Gasteiger charge is -2.31. The number of ether oxygens (including phenoxy) is 1. The number of tetrazole rings is 1. The highest BCUT2D eigenvalue weighted by Crippen LogP contribution is 2.22. The Bertz CT molecular complexity index is 1750. The van der Waals surface area contributed by atoms with Gasteiger partial charge in [-0.2, -0.15) is 4.68 Å². The SMILES string of the molecule is CCOC(=O)C1CCCN(C(=O)Nc2ccc(NC(=O)[C@H](Cc3ccccc3)NC(=O)C=Cc3cc(Cl)ccc3-n3cnnn3)cc2)C1. The van der Waals surface area contributed by atoms with E-state index < -0.39 is 17.9 Å². The Balaban J connectivity index is 1.22. The predicted molar refractivity (Wildman–Crippen MR) is 180 cm³/mol. The summed E-state index contributed by atoms with van der Waals surface area (Å²) in [5.41, 5.74) is 3.08. The fourth-order valence-corrected chi connectivity index (χ4v) is 5.45. The van der Waals surface area contributed by atoms with Crippen LogP contribution in [0.5, 0.6) is 0 Å². The van der Waals surface area contributed by atoms with Gasteiger partial charge in [-0.25, -0.2) is 4.79 Å². The van der Waals surface area contributed by atoms with Crippen LogP contribution in [0.25, 0.3) is 11.8 Å². The van der Waals surface area contributed by atoms with Gasteiger partial charge in [0, 0.05) is 47.5 Å². The summed E-state index contributed by atoms with van der Waals surface area (Å²) < 4.78 is 6.58. The molecule has 13 nitrogen and oxygen atoms in total. The van der Waals surface area contributed by atoms with E-state index in [1.165, 1.54) is 17.1 Å². The fraction of sp³-hybridized carbons (Fsp3) is 0.265. The highest BCUT2D eigenvalue weighted by Gasteiger charge is 2.29. The van der Waals surface area contributed by atoms with Gasteiger partial charge in [0.25, 0.3) is 0 Å². The van der Waals surface area contributed by atoms with Crippen LogP contribution in [0.2, 0.25) is 5.02 Å². The van der Waals surface area contributed by atoms with Crippen molar-refractivity contribution in [2.24, 2.45) is 5.92 Å². The maximum atomic E-state index is 13.5. The summed E-state index contributed by atoms with van der Waals surface area (Å²) in [4.78, 5) is 53.2. The van der Waals surface area contributed by atoms with Crippen LogP contribution in [0.1, 0.15) is 30.9 Å². The van der Waals surface area contributed by atoms with Gasteiger partial charge in [-0.15, -0.1) is 5.10 Å². The zero-order valence-electron chi connectivity index (χ0n) is 26.2. The second-order valence-electron chi connectivity index (χ2n) is 11.1. The number of amides is 4. The van der Waals surface area contributed by atoms with E-state index in [0.717, 1.165) is 5.56 Å². The molecule has 14 heteroatoms. The molecule has 4 aromatic rings. The molecule has 48 heavy (non-hydrogen) atoms. The van der Waals surface area contributed by atoms with Crippen molar-refractivity contribution in [3.63, 3.8) is 0 Å². The molecule has 1 saturated heterocycles. The molecular weight excluding hydrogens is 636 g/mol. The van der Waals surface area contributed by atoms with E-state index >= 15 is 0 Å². The van der Waals surface area contributed by atoms with Gasteiger partial charge >= 0.3 is 12.0 Å². The quantitative estimate of drug-likeness (QED) is 0.155. The maximum Gasteiger partial charge on any atom is 0.321 e. The summed E-state index contributed by atoms with van der Waals surface area (Å²) in [7, 11) is 0. The second-order valence-corrected chi connectivity index (χ2v) is 11.5. The molecule has 3 N–H and O–H groups in total. The van der Waals surface area contributed by atoms with Crippen LogP contribution in [0.4, 0.5) is 16.2 Å². The third kappa shape index (κ3) is 9.26. The molecule has 1 aromatic heterocycles. The van der Waals surface area contributed by atoms with Crippen molar-refractivity contribution in [1.82, 2.24) is 30.4 Å². The van der Waals surface area contributed by atoms with Crippen LogP contribution in [0, 0.1) is 5.92 Å². The molecule has 4 amide bonds. The van der Waals surface area contributed by atoms with Crippen molar-refractivity contribution >= 4 is 52.9 Å². The monoisotopic (exact) mass is 670 g/mol. The zero-order valence-corrected chi connectivity index (χ0v) is 27.0. The maximum absolute atomic E-state index is 13.5. The Hall–Kier alpha value is -5.56. The second kappa shape index (κ2) is 16.3. The van der Waals surface area contributed by atoms with E-state index in [0.29, 0.717) is 60.2 Å². The molecule has 0 saturated carbocycles. The predicted octanol–water partition coefficient (Wildman–Crippen LogP) is 4.50. The Morgan fingerprint density at radius 2 is 1.77 bits per heavy atom. The van der Waals surface area contributed by atoms with Crippen molar-refractivity contribution in [3.05, 3.63) is 101 Å². The Morgan fingerprint density at radius 1 is 1.02 bits per heavy atom. The third-order valence-corrected chi connectivity index (χ3v) is 7.88. The van der Waals surface area contributed by atoms with Gasteiger partial charge in [0.05, 0.1) is 18.2 Å². The molecule has 0 radical (unpaired) electrons. The lowest BCUT2D eigenvalue weighted by atomic mass is 9.98. The number of hydrogen-bond acceptors (Lipinski definition) is 8. The highest BCUT2D eigenvalue weighted by molar-refractivity contribution is 6.30. The van der Waals surface area contributed by atoms with E-state index in [4.69, 9.17) is 16.3 Å². The smallest absolute Gasteiger partial charge is 0.321 e. The molecule has 1 unspecified atom stereocenters.